The number of hydrogen-bond acceptors (Lipinski definition) is 5. The predicted molar refractivity (Wildman–Crippen MR) is 80.7 cm³/mol. The van der Waals surface area contributed by atoms with Gasteiger partial charge in [0.05, 0.1) is 26.2 Å². The van der Waals surface area contributed by atoms with Gasteiger partial charge in [-0.1, -0.05) is 18.2 Å². The van der Waals surface area contributed by atoms with E-state index in [0.717, 1.165) is 25.2 Å². The van der Waals surface area contributed by atoms with Crippen molar-refractivity contribution < 1.29 is 14.3 Å². The molecule has 1 aliphatic heterocycles. The highest BCUT2D eigenvalue weighted by atomic mass is 16.5. The van der Waals surface area contributed by atoms with E-state index in [1.807, 2.05) is 0 Å². The summed E-state index contributed by atoms with van der Waals surface area (Å²) in [6, 6.07) is 6.36. The Morgan fingerprint density at radius 1 is 1.52 bits per heavy atom. The lowest BCUT2D eigenvalue weighted by molar-refractivity contribution is -0.145. The highest BCUT2D eigenvalue weighted by Gasteiger charge is 2.23. The maximum absolute atomic E-state index is 11.3. The Kier molecular flexibility index (Phi) is 5.73. The number of morpholine rings is 1. The fourth-order valence-electron chi connectivity index (χ4n) is 2.62. The van der Waals surface area contributed by atoms with Crippen molar-refractivity contribution in [3.8, 4) is 0 Å². The third-order valence-electron chi connectivity index (χ3n) is 3.88. The van der Waals surface area contributed by atoms with Crippen LogP contribution in [0.2, 0.25) is 0 Å². The number of aryl methyl sites for hydroxylation is 1. The van der Waals surface area contributed by atoms with Crippen LogP contribution in [0.4, 0.5) is 0 Å². The highest BCUT2D eigenvalue weighted by molar-refractivity contribution is 5.69. The molecule has 5 nitrogen and oxygen atoms in total. The van der Waals surface area contributed by atoms with Gasteiger partial charge in [0.15, 0.2) is 0 Å². The van der Waals surface area contributed by atoms with E-state index < -0.39 is 0 Å². The molecule has 0 radical (unpaired) electrons. The molecule has 0 amide bonds. The molecule has 116 valence electrons. The number of carbonyl (C=O) groups excluding carboxylic acids is 1. The maximum atomic E-state index is 11.3. The van der Waals surface area contributed by atoms with E-state index >= 15 is 0 Å². The van der Waals surface area contributed by atoms with Crippen LogP contribution in [-0.2, 0) is 27.4 Å². The van der Waals surface area contributed by atoms with E-state index in [9.17, 15) is 4.79 Å². The van der Waals surface area contributed by atoms with Gasteiger partial charge in [-0.3, -0.25) is 9.69 Å². The van der Waals surface area contributed by atoms with Crippen LogP contribution in [-0.4, -0.2) is 43.8 Å². The van der Waals surface area contributed by atoms with Gasteiger partial charge in [-0.05, 0) is 23.6 Å². The summed E-state index contributed by atoms with van der Waals surface area (Å²) in [7, 11) is 1.41. The van der Waals surface area contributed by atoms with Gasteiger partial charge in [0.1, 0.15) is 0 Å². The van der Waals surface area contributed by atoms with Gasteiger partial charge < -0.3 is 15.2 Å². The Morgan fingerprint density at radius 3 is 3.00 bits per heavy atom. The number of hydrogen-bond donors (Lipinski definition) is 1. The molecule has 0 spiro atoms. The number of nitrogens with zero attached hydrogens (tertiary/aromatic N) is 1. The van der Waals surface area contributed by atoms with Crippen LogP contribution >= 0.6 is 0 Å². The zero-order valence-corrected chi connectivity index (χ0v) is 12.8. The average Bonchev–Trinajstić information content (AvgIpc) is 2.49. The first-order chi connectivity index (χ1) is 10.1. The fraction of sp³-hybridized carbons (Fsp3) is 0.562. The standard InChI is InChI=1S/C16H24N2O3/c1-12-7-13(9-17)3-4-14(12)10-18-5-6-21-15(11-18)8-16(19)20-2/h3-4,7,15H,5-6,8-11,17H2,1-2H3. The number of rotatable bonds is 5. The third-order valence-corrected chi connectivity index (χ3v) is 3.88. The van der Waals surface area contributed by atoms with Crippen LogP contribution < -0.4 is 5.73 Å². The van der Waals surface area contributed by atoms with Crippen molar-refractivity contribution in [2.45, 2.75) is 32.5 Å². The Labute approximate surface area is 126 Å². The molecule has 0 aromatic heterocycles. The van der Waals surface area contributed by atoms with Crippen molar-refractivity contribution in [3.05, 3.63) is 34.9 Å². The molecule has 1 unspecified atom stereocenters. The Balaban J connectivity index is 1.94. The second-order valence-corrected chi connectivity index (χ2v) is 5.47. The molecule has 0 aliphatic carbocycles. The summed E-state index contributed by atoms with van der Waals surface area (Å²) < 4.78 is 10.3. The van der Waals surface area contributed by atoms with Crippen molar-refractivity contribution in [3.63, 3.8) is 0 Å². The minimum atomic E-state index is -0.217. The lowest BCUT2D eigenvalue weighted by Crippen LogP contribution is -2.43. The van der Waals surface area contributed by atoms with E-state index in [4.69, 9.17) is 15.2 Å². The molecule has 21 heavy (non-hydrogen) atoms. The Hall–Kier alpha value is -1.43. The number of carbonyl (C=O) groups is 1. The average molecular weight is 292 g/mol. The van der Waals surface area contributed by atoms with E-state index in [2.05, 4.69) is 30.0 Å². The van der Waals surface area contributed by atoms with Gasteiger partial charge >= 0.3 is 5.97 Å². The number of esters is 1. The third kappa shape index (κ3) is 4.52. The molecular formula is C16H24N2O3. The molecule has 0 bridgehead atoms. The molecular weight excluding hydrogens is 268 g/mol. The fourth-order valence-corrected chi connectivity index (χ4v) is 2.62. The summed E-state index contributed by atoms with van der Waals surface area (Å²) in [4.78, 5) is 13.7. The molecule has 0 saturated carbocycles. The minimum Gasteiger partial charge on any atom is -0.469 e. The SMILES string of the molecule is COC(=O)CC1CN(Cc2ccc(CN)cc2C)CCO1. The molecule has 1 aliphatic rings. The normalized spacial score (nSPS) is 19.5. The van der Waals surface area contributed by atoms with Crippen LogP contribution in [0.5, 0.6) is 0 Å². The second-order valence-electron chi connectivity index (χ2n) is 5.47. The minimum absolute atomic E-state index is 0.0742. The number of ether oxygens (including phenoxy) is 2. The number of nitrogens with two attached hydrogens (primary N) is 1. The van der Waals surface area contributed by atoms with E-state index in [0.29, 0.717) is 19.6 Å². The molecule has 1 atom stereocenters. The summed E-state index contributed by atoms with van der Waals surface area (Å²) in [5.41, 5.74) is 9.37. The maximum Gasteiger partial charge on any atom is 0.308 e. The molecule has 5 heteroatoms. The monoisotopic (exact) mass is 292 g/mol. The summed E-state index contributed by atoms with van der Waals surface area (Å²) >= 11 is 0. The first kappa shape index (κ1) is 15.9. The molecule has 1 heterocycles. The summed E-state index contributed by atoms with van der Waals surface area (Å²) in [5.74, 6) is -0.217. The van der Waals surface area contributed by atoms with E-state index in [-0.39, 0.29) is 12.1 Å². The van der Waals surface area contributed by atoms with Gasteiger partial charge in [-0.25, -0.2) is 0 Å². The van der Waals surface area contributed by atoms with Crippen LogP contribution in [0.15, 0.2) is 18.2 Å². The summed E-state index contributed by atoms with van der Waals surface area (Å²) in [6.45, 7) is 5.85. The Bertz CT molecular complexity index is 490. The topological polar surface area (TPSA) is 64.8 Å². The van der Waals surface area contributed by atoms with Crippen molar-refractivity contribution >= 4 is 5.97 Å². The van der Waals surface area contributed by atoms with Gasteiger partial charge in [-0.2, -0.15) is 0 Å². The lowest BCUT2D eigenvalue weighted by Gasteiger charge is -2.32. The first-order valence-electron chi connectivity index (χ1n) is 7.31. The highest BCUT2D eigenvalue weighted by Crippen LogP contribution is 2.17. The smallest absolute Gasteiger partial charge is 0.308 e. The van der Waals surface area contributed by atoms with E-state index in [1.54, 1.807) is 0 Å². The van der Waals surface area contributed by atoms with Gasteiger partial charge in [0, 0.05) is 26.2 Å². The molecule has 2 rings (SSSR count). The summed E-state index contributed by atoms with van der Waals surface area (Å²) in [6.07, 6.45) is 0.243. The van der Waals surface area contributed by atoms with Gasteiger partial charge in [0.2, 0.25) is 0 Å². The van der Waals surface area contributed by atoms with Gasteiger partial charge in [0.25, 0.3) is 0 Å². The van der Waals surface area contributed by atoms with Crippen LogP contribution in [0.25, 0.3) is 0 Å². The van der Waals surface area contributed by atoms with Gasteiger partial charge in [-0.15, -0.1) is 0 Å². The van der Waals surface area contributed by atoms with Crippen LogP contribution in [0.1, 0.15) is 23.1 Å². The summed E-state index contributed by atoms with van der Waals surface area (Å²) in [5, 5.41) is 0. The van der Waals surface area contributed by atoms with Crippen molar-refractivity contribution in [1.29, 1.82) is 0 Å². The van der Waals surface area contributed by atoms with E-state index in [1.165, 1.54) is 18.2 Å². The van der Waals surface area contributed by atoms with Crippen molar-refractivity contribution in [1.82, 2.24) is 4.90 Å². The first-order valence-corrected chi connectivity index (χ1v) is 7.31. The molecule has 1 fully saturated rings. The molecule has 1 saturated heterocycles. The van der Waals surface area contributed by atoms with Crippen LogP contribution in [0, 0.1) is 6.92 Å². The van der Waals surface area contributed by atoms with Crippen molar-refractivity contribution in [2.24, 2.45) is 5.73 Å². The molecule has 1 aromatic carbocycles. The largest absolute Gasteiger partial charge is 0.469 e. The Morgan fingerprint density at radius 2 is 2.33 bits per heavy atom. The quantitative estimate of drug-likeness (QED) is 0.827. The van der Waals surface area contributed by atoms with Crippen molar-refractivity contribution in [2.75, 3.05) is 26.8 Å². The number of methoxy groups -OCH3 is 1. The second kappa shape index (κ2) is 7.54. The number of benzene rings is 1. The zero-order chi connectivity index (χ0) is 15.2. The lowest BCUT2D eigenvalue weighted by atomic mass is 10.0. The van der Waals surface area contributed by atoms with Crippen LogP contribution in [0.3, 0.4) is 0 Å². The molecule has 2 N–H and O–H groups in total. The molecule has 1 aromatic rings. The predicted octanol–water partition coefficient (Wildman–Crippen LogP) is 1.22. The zero-order valence-electron chi connectivity index (χ0n) is 12.8.